The van der Waals surface area contributed by atoms with Crippen molar-refractivity contribution in [3.05, 3.63) is 46.6 Å². The number of aryl methyl sites for hydroxylation is 2. The van der Waals surface area contributed by atoms with Gasteiger partial charge in [-0.15, -0.1) is 11.3 Å². The molecule has 2 N–H and O–H groups in total. The Morgan fingerprint density at radius 1 is 1.19 bits per heavy atom. The number of nitrogens with two attached hydrogens (primary N) is 1. The van der Waals surface area contributed by atoms with Crippen LogP contribution in [-0.2, 0) is 13.6 Å². The van der Waals surface area contributed by atoms with Gasteiger partial charge in [-0.25, -0.2) is 4.98 Å². The molecule has 21 heavy (non-hydrogen) atoms. The molecule has 0 bridgehead atoms. The predicted octanol–water partition coefficient (Wildman–Crippen LogP) is 3.29. The van der Waals surface area contributed by atoms with Gasteiger partial charge in [0.15, 0.2) is 0 Å². The predicted molar refractivity (Wildman–Crippen MR) is 87.1 cm³/mol. The molecule has 0 atom stereocenters. The Labute approximate surface area is 128 Å². The number of thiazole rings is 1. The highest BCUT2D eigenvalue weighted by Crippen LogP contribution is 2.32. The lowest BCUT2D eigenvalue weighted by molar-refractivity contribution is 0.731. The zero-order chi connectivity index (χ0) is 15.0. The summed E-state index contributed by atoms with van der Waals surface area (Å²) >= 11 is 1.66. The van der Waals surface area contributed by atoms with Crippen molar-refractivity contribution < 1.29 is 0 Å². The second-order valence-corrected chi connectivity index (χ2v) is 5.97. The van der Waals surface area contributed by atoms with Gasteiger partial charge in [0.2, 0.25) is 0 Å². The lowest BCUT2D eigenvalue weighted by atomic mass is 10.1. The zero-order valence-corrected chi connectivity index (χ0v) is 13.2. The van der Waals surface area contributed by atoms with E-state index in [1.807, 2.05) is 18.7 Å². The molecular formula is C16H18N4S. The van der Waals surface area contributed by atoms with Crippen molar-refractivity contribution >= 4 is 11.3 Å². The smallest absolute Gasteiger partial charge is 0.124 e. The van der Waals surface area contributed by atoms with Crippen molar-refractivity contribution in [1.29, 1.82) is 0 Å². The van der Waals surface area contributed by atoms with E-state index in [-0.39, 0.29) is 0 Å². The molecule has 2 aromatic heterocycles. The van der Waals surface area contributed by atoms with Crippen LogP contribution >= 0.6 is 11.3 Å². The minimum absolute atomic E-state index is 0.567. The van der Waals surface area contributed by atoms with Crippen LogP contribution in [-0.4, -0.2) is 14.8 Å². The molecule has 3 rings (SSSR count). The normalized spacial score (nSPS) is 11.0. The van der Waals surface area contributed by atoms with Gasteiger partial charge in [0, 0.05) is 35.8 Å². The Kier molecular flexibility index (Phi) is 3.61. The van der Waals surface area contributed by atoms with E-state index in [9.17, 15) is 0 Å². The van der Waals surface area contributed by atoms with E-state index in [1.165, 1.54) is 0 Å². The first kappa shape index (κ1) is 14.0. The van der Waals surface area contributed by atoms with Gasteiger partial charge in [0.1, 0.15) is 5.01 Å². The number of benzene rings is 1. The number of hydrogen-bond donors (Lipinski definition) is 1. The Morgan fingerprint density at radius 2 is 1.90 bits per heavy atom. The molecule has 2 heterocycles. The maximum Gasteiger partial charge on any atom is 0.124 e. The van der Waals surface area contributed by atoms with Crippen molar-refractivity contribution in [3.8, 4) is 21.8 Å². The van der Waals surface area contributed by atoms with Gasteiger partial charge in [-0.1, -0.05) is 24.3 Å². The van der Waals surface area contributed by atoms with Crippen molar-refractivity contribution in [2.45, 2.75) is 20.4 Å². The highest BCUT2D eigenvalue weighted by atomic mass is 32.1. The van der Waals surface area contributed by atoms with Gasteiger partial charge in [-0.3, -0.25) is 4.68 Å². The monoisotopic (exact) mass is 298 g/mol. The van der Waals surface area contributed by atoms with E-state index in [2.05, 4.69) is 41.7 Å². The van der Waals surface area contributed by atoms with Crippen LogP contribution in [0, 0.1) is 13.8 Å². The van der Waals surface area contributed by atoms with E-state index in [4.69, 9.17) is 10.7 Å². The van der Waals surface area contributed by atoms with Crippen LogP contribution in [0.4, 0.5) is 0 Å². The number of aromatic nitrogens is 3. The first-order chi connectivity index (χ1) is 10.1. The lowest BCUT2D eigenvalue weighted by Gasteiger charge is -1.99. The van der Waals surface area contributed by atoms with Crippen LogP contribution in [0.3, 0.4) is 0 Å². The first-order valence-corrected chi connectivity index (χ1v) is 7.73. The van der Waals surface area contributed by atoms with Gasteiger partial charge in [0.25, 0.3) is 0 Å². The van der Waals surface area contributed by atoms with Crippen LogP contribution in [0.2, 0.25) is 0 Å². The summed E-state index contributed by atoms with van der Waals surface area (Å²) in [6.07, 6.45) is 0. The van der Waals surface area contributed by atoms with E-state index in [0.29, 0.717) is 6.54 Å². The van der Waals surface area contributed by atoms with Gasteiger partial charge < -0.3 is 5.73 Å². The molecule has 3 aromatic rings. The third kappa shape index (κ3) is 2.50. The SMILES string of the molecule is Cc1nn(C)c(C)c1-c1csc(-c2ccc(CN)cc2)n1. The van der Waals surface area contributed by atoms with Crippen LogP contribution in [0.25, 0.3) is 21.8 Å². The second-order valence-electron chi connectivity index (χ2n) is 5.11. The molecule has 0 radical (unpaired) electrons. The maximum atomic E-state index is 5.63. The average Bonchev–Trinajstić information content (AvgIpc) is 3.05. The Bertz CT molecular complexity index is 768. The molecular weight excluding hydrogens is 280 g/mol. The first-order valence-electron chi connectivity index (χ1n) is 6.85. The van der Waals surface area contributed by atoms with E-state index < -0.39 is 0 Å². The number of rotatable bonds is 3. The fraction of sp³-hybridized carbons (Fsp3) is 0.250. The molecule has 0 spiro atoms. The fourth-order valence-electron chi connectivity index (χ4n) is 2.45. The van der Waals surface area contributed by atoms with Crippen molar-refractivity contribution in [2.24, 2.45) is 12.8 Å². The molecule has 108 valence electrons. The van der Waals surface area contributed by atoms with Crippen molar-refractivity contribution in [3.63, 3.8) is 0 Å². The fourth-order valence-corrected chi connectivity index (χ4v) is 3.27. The highest BCUT2D eigenvalue weighted by Gasteiger charge is 2.15. The molecule has 0 aliphatic carbocycles. The Morgan fingerprint density at radius 3 is 2.48 bits per heavy atom. The molecule has 0 unspecified atom stereocenters. The number of nitrogens with zero attached hydrogens (tertiary/aromatic N) is 3. The third-order valence-corrected chi connectivity index (χ3v) is 4.60. The summed E-state index contributed by atoms with van der Waals surface area (Å²) in [5, 5.41) is 7.58. The summed E-state index contributed by atoms with van der Waals surface area (Å²) in [5.74, 6) is 0. The molecule has 0 fully saturated rings. The van der Waals surface area contributed by atoms with E-state index >= 15 is 0 Å². The third-order valence-electron chi connectivity index (χ3n) is 3.71. The Hall–Kier alpha value is -1.98. The highest BCUT2D eigenvalue weighted by molar-refractivity contribution is 7.13. The lowest BCUT2D eigenvalue weighted by Crippen LogP contribution is -1.95. The summed E-state index contributed by atoms with van der Waals surface area (Å²) < 4.78 is 1.90. The van der Waals surface area contributed by atoms with E-state index in [0.717, 1.165) is 38.8 Å². The molecule has 1 aromatic carbocycles. The summed E-state index contributed by atoms with van der Waals surface area (Å²) in [4.78, 5) is 4.78. The van der Waals surface area contributed by atoms with E-state index in [1.54, 1.807) is 11.3 Å². The van der Waals surface area contributed by atoms with Crippen LogP contribution in [0.1, 0.15) is 17.0 Å². The molecule has 4 nitrogen and oxygen atoms in total. The molecule has 0 saturated carbocycles. The topological polar surface area (TPSA) is 56.7 Å². The maximum absolute atomic E-state index is 5.63. The molecule has 0 aliphatic rings. The van der Waals surface area contributed by atoms with Crippen LogP contribution in [0.15, 0.2) is 29.6 Å². The van der Waals surface area contributed by atoms with Crippen LogP contribution in [0.5, 0.6) is 0 Å². The zero-order valence-electron chi connectivity index (χ0n) is 12.4. The largest absolute Gasteiger partial charge is 0.326 e. The summed E-state index contributed by atoms with van der Waals surface area (Å²) in [6, 6.07) is 8.26. The molecule has 0 saturated heterocycles. The summed E-state index contributed by atoms with van der Waals surface area (Å²) in [5.41, 5.74) is 12.2. The second kappa shape index (κ2) is 5.42. The molecule has 5 heteroatoms. The van der Waals surface area contributed by atoms with Gasteiger partial charge in [0.05, 0.1) is 11.4 Å². The van der Waals surface area contributed by atoms with Crippen molar-refractivity contribution in [1.82, 2.24) is 14.8 Å². The quantitative estimate of drug-likeness (QED) is 0.807. The number of hydrogen-bond acceptors (Lipinski definition) is 4. The van der Waals surface area contributed by atoms with Gasteiger partial charge in [-0.05, 0) is 19.4 Å². The van der Waals surface area contributed by atoms with Crippen LogP contribution < -0.4 is 5.73 Å². The Balaban J connectivity index is 1.99. The molecule has 0 amide bonds. The standard InChI is InChI=1S/C16H18N4S/c1-10-15(11(2)20(3)19-10)14-9-21-16(18-14)13-6-4-12(8-17)5-7-13/h4-7,9H,8,17H2,1-3H3. The summed E-state index contributed by atoms with van der Waals surface area (Å²) in [7, 11) is 1.96. The minimum atomic E-state index is 0.567. The summed E-state index contributed by atoms with van der Waals surface area (Å²) in [6.45, 7) is 4.67. The average molecular weight is 298 g/mol. The molecule has 0 aliphatic heterocycles. The van der Waals surface area contributed by atoms with Gasteiger partial charge >= 0.3 is 0 Å². The minimum Gasteiger partial charge on any atom is -0.326 e. The van der Waals surface area contributed by atoms with Crippen molar-refractivity contribution in [2.75, 3.05) is 0 Å². The van der Waals surface area contributed by atoms with Gasteiger partial charge in [-0.2, -0.15) is 5.10 Å².